The summed E-state index contributed by atoms with van der Waals surface area (Å²) < 4.78 is 26.4. The molecule has 2 heterocycles. The van der Waals surface area contributed by atoms with E-state index >= 15 is 0 Å². The molecule has 1 aromatic heterocycles. The molecule has 0 aromatic carbocycles. The summed E-state index contributed by atoms with van der Waals surface area (Å²) in [5, 5.41) is 6.69. The van der Waals surface area contributed by atoms with Gasteiger partial charge in [-0.05, 0) is 19.3 Å². The van der Waals surface area contributed by atoms with Gasteiger partial charge >= 0.3 is 0 Å². The van der Waals surface area contributed by atoms with E-state index < -0.39 is 6.85 Å². The van der Waals surface area contributed by atoms with Crippen molar-refractivity contribution in [3.8, 4) is 0 Å². The molecule has 0 radical (unpaired) electrons. The molecule has 0 bridgehead atoms. The van der Waals surface area contributed by atoms with E-state index in [-0.39, 0.29) is 11.7 Å². The lowest BCUT2D eigenvalue weighted by Gasteiger charge is -2.06. The molecule has 1 saturated heterocycles. The van der Waals surface area contributed by atoms with Gasteiger partial charge in [0.05, 0.1) is 5.92 Å². The fourth-order valence-corrected chi connectivity index (χ4v) is 1.53. The molecule has 1 aromatic rings. The highest BCUT2D eigenvalue weighted by atomic mass is 16.5. The Morgan fingerprint density at radius 1 is 1.67 bits per heavy atom. The van der Waals surface area contributed by atoms with Gasteiger partial charge in [0.2, 0.25) is 5.89 Å². The molecule has 0 spiro atoms. The van der Waals surface area contributed by atoms with Gasteiger partial charge in [-0.25, -0.2) is 0 Å². The summed E-state index contributed by atoms with van der Waals surface area (Å²) in [5.41, 5.74) is 0. The maximum absolute atomic E-state index is 7.14. The second kappa shape index (κ2) is 2.86. The molecule has 1 aliphatic rings. The summed E-state index contributed by atoms with van der Waals surface area (Å²) >= 11 is 0. The van der Waals surface area contributed by atoms with E-state index in [2.05, 4.69) is 22.4 Å². The largest absolute Gasteiger partial charge is 0.339 e. The summed E-state index contributed by atoms with van der Waals surface area (Å²) in [5.74, 6) is 0.763. The highest BCUT2D eigenvalue weighted by Crippen LogP contribution is 2.25. The number of hydrogen-bond acceptors (Lipinski definition) is 4. The number of nitrogens with zero attached hydrogens (tertiary/aromatic N) is 2. The highest BCUT2D eigenvalue weighted by molar-refractivity contribution is 4.99. The van der Waals surface area contributed by atoms with Gasteiger partial charge in [-0.1, -0.05) is 12.1 Å². The summed E-state index contributed by atoms with van der Waals surface area (Å²) in [4.78, 5) is 3.93. The predicted octanol–water partition coefficient (Wildman–Crippen LogP) is 0.701. The fourth-order valence-electron chi connectivity index (χ4n) is 1.53. The summed E-state index contributed by atoms with van der Waals surface area (Å²) in [6.45, 7) is 1.46. The lowest BCUT2D eigenvalue weighted by molar-refractivity contribution is 0.337. The van der Waals surface area contributed by atoms with Gasteiger partial charge in [-0.3, -0.25) is 0 Å². The summed E-state index contributed by atoms with van der Waals surface area (Å²) in [7, 11) is 0. The minimum Gasteiger partial charge on any atom is -0.339 e. The molecule has 0 aliphatic carbocycles. The van der Waals surface area contributed by atoms with Crippen molar-refractivity contribution in [1.29, 1.82) is 0 Å². The topological polar surface area (TPSA) is 51.0 Å². The quantitative estimate of drug-likeness (QED) is 0.674. The van der Waals surface area contributed by atoms with E-state index in [1.54, 1.807) is 0 Å². The third-order valence-electron chi connectivity index (χ3n) is 2.28. The summed E-state index contributed by atoms with van der Waals surface area (Å²) in [6.07, 6.45) is 0. The SMILES string of the molecule is [2H]C([2H])([2H])c1noc([C@H]2CNC[C@@H]2C)n1. The molecule has 0 amide bonds. The number of aromatic nitrogens is 2. The first kappa shape index (κ1) is 4.97. The van der Waals surface area contributed by atoms with Crippen LogP contribution in [0.3, 0.4) is 0 Å². The first-order chi connectivity index (χ1) is 6.98. The molecule has 2 rings (SSSR count). The zero-order valence-corrected chi connectivity index (χ0v) is 6.87. The molecule has 12 heavy (non-hydrogen) atoms. The van der Waals surface area contributed by atoms with Crippen LogP contribution in [0, 0.1) is 12.8 Å². The normalized spacial score (nSPS) is 34.2. The Balaban J connectivity index is 2.20. The number of aryl methyl sites for hydroxylation is 1. The molecule has 1 aliphatic heterocycles. The van der Waals surface area contributed by atoms with Crippen LogP contribution in [-0.2, 0) is 0 Å². The van der Waals surface area contributed by atoms with Gasteiger partial charge in [0.25, 0.3) is 0 Å². The molecule has 4 nitrogen and oxygen atoms in total. The number of nitrogens with one attached hydrogen (secondary N) is 1. The van der Waals surface area contributed by atoms with Crippen molar-refractivity contribution in [3.05, 3.63) is 11.7 Å². The van der Waals surface area contributed by atoms with Crippen LogP contribution < -0.4 is 5.32 Å². The van der Waals surface area contributed by atoms with E-state index in [0.29, 0.717) is 11.8 Å². The van der Waals surface area contributed by atoms with Crippen molar-refractivity contribution >= 4 is 0 Å². The number of hydrogen-bond donors (Lipinski definition) is 1. The maximum atomic E-state index is 7.14. The van der Waals surface area contributed by atoms with E-state index in [1.807, 2.05) is 0 Å². The fraction of sp³-hybridized carbons (Fsp3) is 0.750. The van der Waals surface area contributed by atoms with E-state index in [9.17, 15) is 0 Å². The van der Waals surface area contributed by atoms with Crippen molar-refractivity contribution in [2.45, 2.75) is 19.7 Å². The average Bonchev–Trinajstić information content (AvgIpc) is 2.69. The van der Waals surface area contributed by atoms with Crippen LogP contribution in [0.25, 0.3) is 0 Å². The number of rotatable bonds is 1. The van der Waals surface area contributed by atoms with Crippen LogP contribution in [0.4, 0.5) is 0 Å². The van der Waals surface area contributed by atoms with Crippen molar-refractivity contribution in [2.24, 2.45) is 5.92 Å². The Kier molecular flexibility index (Phi) is 1.18. The first-order valence-electron chi connectivity index (χ1n) is 5.53. The second-order valence-corrected chi connectivity index (χ2v) is 3.20. The standard InChI is InChI=1S/C8H13N3O/c1-5-3-9-4-7(5)8-10-6(2)11-12-8/h5,7,9H,3-4H2,1-2H3/t5-,7-/m0/s1/i2D3. The molecule has 0 saturated carbocycles. The predicted molar refractivity (Wildman–Crippen MR) is 43.8 cm³/mol. The van der Waals surface area contributed by atoms with Gasteiger partial charge < -0.3 is 9.84 Å². The molecule has 0 unspecified atom stereocenters. The molecule has 1 N–H and O–H groups in total. The molecule has 1 fully saturated rings. The second-order valence-electron chi connectivity index (χ2n) is 3.20. The van der Waals surface area contributed by atoms with E-state index in [4.69, 9.17) is 8.64 Å². The minimum absolute atomic E-state index is 0.133. The van der Waals surface area contributed by atoms with Crippen LogP contribution >= 0.6 is 0 Å². The van der Waals surface area contributed by atoms with Crippen LogP contribution in [0.2, 0.25) is 0 Å². The minimum atomic E-state index is -2.28. The van der Waals surface area contributed by atoms with Crippen LogP contribution in [-0.4, -0.2) is 23.2 Å². The van der Waals surface area contributed by atoms with Crippen LogP contribution in [0.1, 0.15) is 28.7 Å². The zero-order valence-electron chi connectivity index (χ0n) is 9.87. The van der Waals surface area contributed by atoms with Crippen molar-refractivity contribution in [2.75, 3.05) is 13.1 Å². The van der Waals surface area contributed by atoms with Crippen molar-refractivity contribution < 1.29 is 8.64 Å². The molecule has 2 atom stereocenters. The Morgan fingerprint density at radius 3 is 3.17 bits per heavy atom. The van der Waals surface area contributed by atoms with E-state index in [0.717, 1.165) is 13.1 Å². The lowest BCUT2D eigenvalue weighted by Crippen LogP contribution is -2.08. The van der Waals surface area contributed by atoms with Gasteiger partial charge in [0.15, 0.2) is 5.82 Å². The van der Waals surface area contributed by atoms with Crippen molar-refractivity contribution in [1.82, 2.24) is 15.5 Å². The van der Waals surface area contributed by atoms with Gasteiger partial charge in [0.1, 0.15) is 0 Å². The zero-order chi connectivity index (χ0) is 11.1. The molecular weight excluding hydrogens is 154 g/mol. The van der Waals surface area contributed by atoms with E-state index in [1.165, 1.54) is 0 Å². The third kappa shape index (κ3) is 1.22. The Hall–Kier alpha value is -0.900. The lowest BCUT2D eigenvalue weighted by atomic mass is 9.98. The van der Waals surface area contributed by atoms with Crippen LogP contribution in [0.5, 0.6) is 0 Å². The van der Waals surface area contributed by atoms with Gasteiger partial charge in [-0.15, -0.1) is 0 Å². The van der Waals surface area contributed by atoms with Crippen molar-refractivity contribution in [3.63, 3.8) is 0 Å². The smallest absolute Gasteiger partial charge is 0.231 e. The third-order valence-corrected chi connectivity index (χ3v) is 2.28. The molecular formula is C8H13N3O. The molecule has 4 heteroatoms. The highest BCUT2D eigenvalue weighted by Gasteiger charge is 2.28. The maximum Gasteiger partial charge on any atom is 0.231 e. The van der Waals surface area contributed by atoms with Crippen LogP contribution in [0.15, 0.2) is 4.52 Å². The summed E-state index contributed by atoms with van der Waals surface area (Å²) in [6, 6.07) is 0. The monoisotopic (exact) mass is 170 g/mol. The molecule has 66 valence electrons. The first-order valence-corrected chi connectivity index (χ1v) is 4.03. The van der Waals surface area contributed by atoms with Gasteiger partial charge in [0, 0.05) is 10.7 Å². The Labute approximate surface area is 75.6 Å². The Morgan fingerprint density at radius 2 is 2.58 bits per heavy atom. The Bertz CT molecular complexity index is 349. The average molecular weight is 170 g/mol. The van der Waals surface area contributed by atoms with Gasteiger partial charge in [-0.2, -0.15) is 4.98 Å².